The summed E-state index contributed by atoms with van der Waals surface area (Å²) >= 11 is 0. The van der Waals surface area contributed by atoms with E-state index in [4.69, 9.17) is 0 Å². The molecule has 1 unspecified atom stereocenters. The summed E-state index contributed by atoms with van der Waals surface area (Å²) in [6.45, 7) is 11.4. The molecule has 2 rings (SSSR count). The lowest BCUT2D eigenvalue weighted by atomic mass is 10.1. The molecule has 18 heavy (non-hydrogen) atoms. The maximum absolute atomic E-state index is 3.76. The third-order valence-electron chi connectivity index (χ3n) is 4.01. The van der Waals surface area contributed by atoms with Crippen molar-refractivity contribution in [3.05, 3.63) is 35.4 Å². The summed E-state index contributed by atoms with van der Waals surface area (Å²) < 4.78 is 0. The SMILES string of the molecule is Cc1ccc([C@@H](C)NC2CCN(C(C)C)C2)cc1. The third-order valence-corrected chi connectivity index (χ3v) is 4.01. The number of nitrogens with zero attached hydrogens (tertiary/aromatic N) is 1. The Labute approximate surface area is 111 Å². The van der Waals surface area contributed by atoms with Crippen molar-refractivity contribution in [2.24, 2.45) is 0 Å². The lowest BCUT2D eigenvalue weighted by Crippen LogP contribution is -2.36. The molecule has 1 saturated heterocycles. The Morgan fingerprint density at radius 2 is 1.83 bits per heavy atom. The zero-order valence-corrected chi connectivity index (χ0v) is 12.1. The van der Waals surface area contributed by atoms with Crippen molar-refractivity contribution in [2.75, 3.05) is 13.1 Å². The van der Waals surface area contributed by atoms with Gasteiger partial charge in [-0.15, -0.1) is 0 Å². The van der Waals surface area contributed by atoms with Crippen LogP contribution in [0.1, 0.15) is 44.4 Å². The molecule has 0 aromatic heterocycles. The van der Waals surface area contributed by atoms with E-state index < -0.39 is 0 Å². The highest BCUT2D eigenvalue weighted by atomic mass is 15.2. The fourth-order valence-corrected chi connectivity index (χ4v) is 2.70. The van der Waals surface area contributed by atoms with Crippen LogP contribution in [0.4, 0.5) is 0 Å². The van der Waals surface area contributed by atoms with Crippen molar-refractivity contribution >= 4 is 0 Å². The van der Waals surface area contributed by atoms with E-state index in [0.29, 0.717) is 18.1 Å². The minimum atomic E-state index is 0.447. The van der Waals surface area contributed by atoms with Crippen molar-refractivity contribution in [1.29, 1.82) is 0 Å². The number of hydrogen-bond donors (Lipinski definition) is 1. The average Bonchev–Trinajstić information content (AvgIpc) is 2.78. The van der Waals surface area contributed by atoms with Crippen LogP contribution in [0, 0.1) is 6.92 Å². The van der Waals surface area contributed by atoms with Gasteiger partial charge in [0.1, 0.15) is 0 Å². The molecule has 1 aromatic carbocycles. The summed E-state index contributed by atoms with van der Waals surface area (Å²) in [5.74, 6) is 0. The summed E-state index contributed by atoms with van der Waals surface area (Å²) in [5.41, 5.74) is 2.72. The zero-order chi connectivity index (χ0) is 13.1. The number of nitrogens with one attached hydrogen (secondary N) is 1. The Morgan fingerprint density at radius 3 is 2.39 bits per heavy atom. The van der Waals surface area contributed by atoms with Crippen LogP contribution < -0.4 is 5.32 Å². The monoisotopic (exact) mass is 246 g/mol. The van der Waals surface area contributed by atoms with E-state index in [1.54, 1.807) is 0 Å². The van der Waals surface area contributed by atoms with Crippen molar-refractivity contribution in [1.82, 2.24) is 10.2 Å². The predicted molar refractivity (Wildman–Crippen MR) is 77.8 cm³/mol. The number of hydrogen-bond acceptors (Lipinski definition) is 2. The molecular formula is C16H26N2. The van der Waals surface area contributed by atoms with Gasteiger partial charge in [0.25, 0.3) is 0 Å². The molecule has 0 amide bonds. The van der Waals surface area contributed by atoms with Crippen molar-refractivity contribution in [3.63, 3.8) is 0 Å². The van der Waals surface area contributed by atoms with Crippen molar-refractivity contribution in [2.45, 2.75) is 52.2 Å². The summed E-state index contributed by atoms with van der Waals surface area (Å²) in [5, 5.41) is 3.76. The van der Waals surface area contributed by atoms with Crippen LogP contribution in [-0.2, 0) is 0 Å². The summed E-state index contributed by atoms with van der Waals surface area (Å²) in [6, 6.07) is 10.6. The lowest BCUT2D eigenvalue weighted by molar-refractivity contribution is 0.266. The van der Waals surface area contributed by atoms with Crippen LogP contribution in [0.3, 0.4) is 0 Å². The van der Waals surface area contributed by atoms with Crippen molar-refractivity contribution < 1.29 is 0 Å². The zero-order valence-electron chi connectivity index (χ0n) is 12.1. The largest absolute Gasteiger partial charge is 0.306 e. The van der Waals surface area contributed by atoms with Gasteiger partial charge in [0.2, 0.25) is 0 Å². The number of benzene rings is 1. The minimum absolute atomic E-state index is 0.447. The molecule has 0 saturated carbocycles. The second-order valence-electron chi connectivity index (χ2n) is 5.87. The Hall–Kier alpha value is -0.860. The first-order valence-electron chi connectivity index (χ1n) is 7.13. The number of aryl methyl sites for hydroxylation is 1. The molecule has 0 bridgehead atoms. The van der Waals surface area contributed by atoms with Gasteiger partial charge in [-0.25, -0.2) is 0 Å². The van der Waals surface area contributed by atoms with Gasteiger partial charge in [-0.05, 0) is 46.2 Å². The van der Waals surface area contributed by atoms with E-state index in [1.165, 1.54) is 30.6 Å². The maximum Gasteiger partial charge on any atom is 0.0294 e. The van der Waals surface area contributed by atoms with E-state index in [9.17, 15) is 0 Å². The van der Waals surface area contributed by atoms with Crippen LogP contribution in [0.2, 0.25) is 0 Å². The van der Waals surface area contributed by atoms with Gasteiger partial charge in [0, 0.05) is 24.7 Å². The molecule has 1 N–H and O–H groups in total. The molecule has 1 aliphatic rings. The Morgan fingerprint density at radius 1 is 1.17 bits per heavy atom. The highest BCUT2D eigenvalue weighted by Gasteiger charge is 2.25. The molecule has 1 aromatic rings. The second-order valence-corrected chi connectivity index (χ2v) is 5.87. The Bertz CT molecular complexity index is 369. The van der Waals surface area contributed by atoms with Crippen LogP contribution >= 0.6 is 0 Å². The van der Waals surface area contributed by atoms with Crippen LogP contribution in [0.25, 0.3) is 0 Å². The van der Waals surface area contributed by atoms with Gasteiger partial charge in [-0.3, -0.25) is 4.90 Å². The molecule has 1 aliphatic heterocycles. The van der Waals surface area contributed by atoms with E-state index >= 15 is 0 Å². The van der Waals surface area contributed by atoms with E-state index in [2.05, 4.69) is 62.2 Å². The molecule has 100 valence electrons. The number of rotatable bonds is 4. The topological polar surface area (TPSA) is 15.3 Å². The highest BCUT2D eigenvalue weighted by molar-refractivity contribution is 5.23. The first kappa shape index (κ1) is 13.6. The predicted octanol–water partition coefficient (Wildman–Crippen LogP) is 3.13. The van der Waals surface area contributed by atoms with Crippen molar-refractivity contribution in [3.8, 4) is 0 Å². The summed E-state index contributed by atoms with van der Waals surface area (Å²) in [6.07, 6.45) is 1.27. The number of likely N-dealkylation sites (tertiary alicyclic amines) is 1. The second kappa shape index (κ2) is 5.85. The molecule has 2 nitrogen and oxygen atoms in total. The first-order valence-corrected chi connectivity index (χ1v) is 7.13. The molecule has 0 spiro atoms. The minimum Gasteiger partial charge on any atom is -0.306 e. The standard InChI is InChI=1S/C16H26N2/c1-12(2)18-10-9-16(11-18)17-14(4)15-7-5-13(3)6-8-15/h5-8,12,14,16-17H,9-11H2,1-4H3/t14-,16?/m1/s1. The lowest BCUT2D eigenvalue weighted by Gasteiger charge is -2.23. The first-order chi connectivity index (χ1) is 8.56. The quantitative estimate of drug-likeness (QED) is 0.878. The van der Waals surface area contributed by atoms with Crippen LogP contribution in [0.15, 0.2) is 24.3 Å². The smallest absolute Gasteiger partial charge is 0.0294 e. The van der Waals surface area contributed by atoms with Gasteiger partial charge >= 0.3 is 0 Å². The van der Waals surface area contributed by atoms with E-state index in [0.717, 1.165) is 0 Å². The highest BCUT2D eigenvalue weighted by Crippen LogP contribution is 2.18. The molecule has 0 radical (unpaired) electrons. The summed E-state index contributed by atoms with van der Waals surface area (Å²) in [4.78, 5) is 2.56. The molecule has 2 heteroatoms. The molecule has 1 heterocycles. The van der Waals surface area contributed by atoms with Gasteiger partial charge in [-0.2, -0.15) is 0 Å². The van der Waals surface area contributed by atoms with Gasteiger partial charge in [0.05, 0.1) is 0 Å². The summed E-state index contributed by atoms with van der Waals surface area (Å²) in [7, 11) is 0. The fraction of sp³-hybridized carbons (Fsp3) is 0.625. The average molecular weight is 246 g/mol. The molecule has 2 atom stereocenters. The molecule has 1 fully saturated rings. The van der Waals surface area contributed by atoms with Gasteiger partial charge in [-0.1, -0.05) is 29.8 Å². The van der Waals surface area contributed by atoms with Crippen LogP contribution in [-0.4, -0.2) is 30.1 Å². The van der Waals surface area contributed by atoms with E-state index in [-0.39, 0.29) is 0 Å². The third kappa shape index (κ3) is 3.33. The fourth-order valence-electron chi connectivity index (χ4n) is 2.70. The van der Waals surface area contributed by atoms with Gasteiger partial charge in [0.15, 0.2) is 0 Å². The van der Waals surface area contributed by atoms with Crippen LogP contribution in [0.5, 0.6) is 0 Å². The molecule has 0 aliphatic carbocycles. The Kier molecular flexibility index (Phi) is 4.41. The Balaban J connectivity index is 1.88. The normalized spacial score (nSPS) is 22.6. The maximum atomic E-state index is 3.76. The van der Waals surface area contributed by atoms with E-state index in [1.807, 2.05) is 0 Å². The van der Waals surface area contributed by atoms with Gasteiger partial charge < -0.3 is 5.32 Å². The molecular weight excluding hydrogens is 220 g/mol.